The predicted octanol–water partition coefficient (Wildman–Crippen LogP) is 1.10. The van der Waals surface area contributed by atoms with Gasteiger partial charge in [0.25, 0.3) is 5.91 Å². The predicted molar refractivity (Wildman–Crippen MR) is 137 cm³/mol. The zero-order chi connectivity index (χ0) is 25.9. The summed E-state index contributed by atoms with van der Waals surface area (Å²) >= 11 is 0. The van der Waals surface area contributed by atoms with Crippen molar-refractivity contribution >= 4 is 29.6 Å². The summed E-state index contributed by atoms with van der Waals surface area (Å²) in [5, 5.41) is 5.49. The minimum Gasteiger partial charge on any atom is -0.379 e. The van der Waals surface area contributed by atoms with Gasteiger partial charge in [-0.2, -0.15) is 0 Å². The number of amides is 3. The standard InChI is InChI=1S/C27H38N4O5/c1-20(2)24(25(33)27(35)28-12-15-30-16-18-36-19-17-30)29-26(34)22-10-13-31(14-11-22)23(32)9-8-21-6-4-3-5-7-21/h3-9,20,22,24H,10-19H2,1-2H3,(H,28,35)(H,29,34). The second-order valence-corrected chi connectivity index (χ2v) is 9.65. The molecule has 0 saturated carbocycles. The fraction of sp³-hybridized carbons (Fsp3) is 0.556. The molecule has 36 heavy (non-hydrogen) atoms. The van der Waals surface area contributed by atoms with Crippen LogP contribution in [0.4, 0.5) is 0 Å². The molecule has 1 aromatic carbocycles. The highest BCUT2D eigenvalue weighted by Crippen LogP contribution is 2.19. The molecule has 9 nitrogen and oxygen atoms in total. The van der Waals surface area contributed by atoms with Gasteiger partial charge >= 0.3 is 0 Å². The minimum absolute atomic E-state index is 0.0818. The van der Waals surface area contributed by atoms with Gasteiger partial charge in [-0.25, -0.2) is 0 Å². The first kappa shape index (κ1) is 27.5. The maximum atomic E-state index is 12.9. The van der Waals surface area contributed by atoms with Crippen LogP contribution in [0.3, 0.4) is 0 Å². The molecule has 2 saturated heterocycles. The summed E-state index contributed by atoms with van der Waals surface area (Å²) in [6.07, 6.45) is 4.37. The Balaban J connectivity index is 1.44. The highest BCUT2D eigenvalue weighted by molar-refractivity contribution is 6.38. The van der Waals surface area contributed by atoms with Crippen LogP contribution in [0.5, 0.6) is 0 Å². The smallest absolute Gasteiger partial charge is 0.289 e. The van der Waals surface area contributed by atoms with Crippen molar-refractivity contribution in [1.29, 1.82) is 0 Å². The van der Waals surface area contributed by atoms with Crippen LogP contribution in [0.15, 0.2) is 36.4 Å². The van der Waals surface area contributed by atoms with Gasteiger partial charge in [0.05, 0.1) is 19.3 Å². The van der Waals surface area contributed by atoms with Gasteiger partial charge in [0.1, 0.15) is 0 Å². The number of morpholine rings is 1. The van der Waals surface area contributed by atoms with Crippen LogP contribution in [0.25, 0.3) is 6.08 Å². The first-order valence-corrected chi connectivity index (χ1v) is 12.8. The number of ketones is 1. The van der Waals surface area contributed by atoms with Gasteiger partial charge in [0.15, 0.2) is 0 Å². The number of carbonyl (C=O) groups excluding carboxylic acids is 4. The van der Waals surface area contributed by atoms with E-state index in [4.69, 9.17) is 4.74 Å². The maximum absolute atomic E-state index is 12.9. The van der Waals surface area contributed by atoms with Crippen molar-refractivity contribution in [1.82, 2.24) is 20.4 Å². The Hall–Kier alpha value is -3.04. The number of nitrogens with one attached hydrogen (secondary N) is 2. The summed E-state index contributed by atoms with van der Waals surface area (Å²) in [5.41, 5.74) is 0.953. The molecule has 2 aliphatic rings. The maximum Gasteiger partial charge on any atom is 0.289 e. The summed E-state index contributed by atoms with van der Waals surface area (Å²) in [5.74, 6) is -2.15. The second kappa shape index (κ2) is 13.9. The lowest BCUT2D eigenvalue weighted by molar-refractivity contribution is -0.141. The van der Waals surface area contributed by atoms with Crippen LogP contribution >= 0.6 is 0 Å². The molecule has 2 heterocycles. The van der Waals surface area contributed by atoms with Gasteiger partial charge in [-0.15, -0.1) is 0 Å². The fourth-order valence-corrected chi connectivity index (χ4v) is 4.39. The third kappa shape index (κ3) is 8.27. The molecule has 3 amide bonds. The summed E-state index contributed by atoms with van der Waals surface area (Å²) in [6.45, 7) is 8.54. The second-order valence-electron chi connectivity index (χ2n) is 9.65. The Morgan fingerprint density at radius 2 is 1.69 bits per heavy atom. The van der Waals surface area contributed by atoms with E-state index in [0.29, 0.717) is 52.2 Å². The van der Waals surface area contributed by atoms with E-state index >= 15 is 0 Å². The van der Waals surface area contributed by atoms with Gasteiger partial charge in [-0.1, -0.05) is 44.2 Å². The highest BCUT2D eigenvalue weighted by Gasteiger charge is 2.33. The Labute approximate surface area is 213 Å². The normalized spacial score (nSPS) is 18.2. The number of hydrogen-bond donors (Lipinski definition) is 2. The molecular weight excluding hydrogens is 460 g/mol. The molecule has 2 aliphatic heterocycles. The molecule has 196 valence electrons. The number of carbonyl (C=O) groups is 4. The van der Waals surface area contributed by atoms with Crippen molar-refractivity contribution in [3.05, 3.63) is 42.0 Å². The van der Waals surface area contributed by atoms with Crippen molar-refractivity contribution in [3.63, 3.8) is 0 Å². The first-order chi connectivity index (χ1) is 17.3. The molecule has 2 N–H and O–H groups in total. The van der Waals surface area contributed by atoms with Gasteiger partial charge in [-0.05, 0) is 30.4 Å². The highest BCUT2D eigenvalue weighted by atomic mass is 16.5. The average Bonchev–Trinajstić information content (AvgIpc) is 2.91. The number of hydrogen-bond acceptors (Lipinski definition) is 6. The van der Waals surface area contributed by atoms with Gasteiger partial charge in [-0.3, -0.25) is 24.1 Å². The topological polar surface area (TPSA) is 108 Å². The summed E-state index contributed by atoms with van der Waals surface area (Å²) in [4.78, 5) is 54.6. The molecule has 1 atom stereocenters. The van der Waals surface area contributed by atoms with Gasteiger partial charge in [0.2, 0.25) is 17.6 Å². The van der Waals surface area contributed by atoms with Crippen LogP contribution in [-0.2, 0) is 23.9 Å². The van der Waals surface area contributed by atoms with E-state index in [1.54, 1.807) is 17.1 Å². The lowest BCUT2D eigenvalue weighted by Gasteiger charge is -2.32. The monoisotopic (exact) mass is 498 g/mol. The molecular formula is C27H38N4O5. The summed E-state index contributed by atoms with van der Waals surface area (Å²) in [6, 6.07) is 8.73. The Morgan fingerprint density at radius 1 is 1.03 bits per heavy atom. The van der Waals surface area contributed by atoms with Crippen LogP contribution in [0.2, 0.25) is 0 Å². The van der Waals surface area contributed by atoms with E-state index in [9.17, 15) is 19.2 Å². The van der Waals surface area contributed by atoms with E-state index < -0.39 is 17.7 Å². The van der Waals surface area contributed by atoms with Crippen LogP contribution < -0.4 is 10.6 Å². The number of likely N-dealkylation sites (tertiary alicyclic amines) is 1. The molecule has 0 aliphatic carbocycles. The quantitative estimate of drug-likeness (QED) is 0.370. The Bertz CT molecular complexity index is 919. The fourth-order valence-electron chi connectivity index (χ4n) is 4.39. The first-order valence-electron chi connectivity index (χ1n) is 12.8. The van der Waals surface area contributed by atoms with E-state index in [2.05, 4.69) is 15.5 Å². The van der Waals surface area contributed by atoms with E-state index in [1.165, 1.54) is 0 Å². The molecule has 0 bridgehead atoms. The van der Waals surface area contributed by atoms with Crippen LogP contribution in [-0.4, -0.2) is 91.8 Å². The van der Waals surface area contributed by atoms with Crippen LogP contribution in [0.1, 0.15) is 32.3 Å². The lowest BCUT2D eigenvalue weighted by Crippen LogP contribution is -2.53. The van der Waals surface area contributed by atoms with Crippen LogP contribution in [0, 0.1) is 11.8 Å². The molecule has 0 spiro atoms. The Morgan fingerprint density at radius 3 is 2.33 bits per heavy atom. The average molecular weight is 499 g/mol. The van der Waals surface area contributed by atoms with Crippen molar-refractivity contribution in [3.8, 4) is 0 Å². The summed E-state index contributed by atoms with van der Waals surface area (Å²) < 4.78 is 5.31. The van der Waals surface area contributed by atoms with Gasteiger partial charge < -0.3 is 20.3 Å². The zero-order valence-corrected chi connectivity index (χ0v) is 21.3. The number of rotatable bonds is 10. The molecule has 3 rings (SSSR count). The van der Waals surface area contributed by atoms with E-state index in [0.717, 1.165) is 18.7 Å². The van der Waals surface area contributed by atoms with Crippen molar-refractivity contribution in [2.75, 3.05) is 52.5 Å². The molecule has 0 radical (unpaired) electrons. The zero-order valence-electron chi connectivity index (χ0n) is 21.3. The summed E-state index contributed by atoms with van der Waals surface area (Å²) in [7, 11) is 0. The third-order valence-corrected chi connectivity index (χ3v) is 6.68. The lowest BCUT2D eigenvalue weighted by atomic mass is 9.93. The van der Waals surface area contributed by atoms with Crippen molar-refractivity contribution < 1.29 is 23.9 Å². The number of ether oxygens (including phenoxy) is 1. The third-order valence-electron chi connectivity index (χ3n) is 6.68. The minimum atomic E-state index is -0.880. The molecule has 2 fully saturated rings. The Kier molecular flexibility index (Phi) is 10.6. The van der Waals surface area contributed by atoms with E-state index in [1.807, 2.05) is 44.2 Å². The molecule has 9 heteroatoms. The van der Waals surface area contributed by atoms with Gasteiger partial charge in [0, 0.05) is 51.3 Å². The molecule has 1 aromatic rings. The van der Waals surface area contributed by atoms with Crippen molar-refractivity contribution in [2.24, 2.45) is 11.8 Å². The number of piperidine rings is 1. The SMILES string of the molecule is CC(C)C(NC(=O)C1CCN(C(=O)C=Cc2ccccc2)CC1)C(=O)C(=O)NCCN1CCOCC1. The number of nitrogens with zero attached hydrogens (tertiary/aromatic N) is 2. The number of Topliss-reactive ketones (excluding diaryl/α,β-unsaturated/α-hetero) is 1. The molecule has 1 unspecified atom stereocenters. The van der Waals surface area contributed by atoms with Crippen molar-refractivity contribution in [2.45, 2.75) is 32.7 Å². The van der Waals surface area contributed by atoms with E-state index in [-0.39, 0.29) is 23.7 Å². The number of benzene rings is 1. The largest absolute Gasteiger partial charge is 0.379 e. The molecule has 0 aromatic heterocycles.